The quantitative estimate of drug-likeness (QED) is 0.112. The fourth-order valence-electron chi connectivity index (χ4n) is 6.16. The van der Waals surface area contributed by atoms with E-state index in [0.717, 1.165) is 72.8 Å². The summed E-state index contributed by atoms with van der Waals surface area (Å²) < 4.78 is 154. The van der Waals surface area contributed by atoms with Crippen molar-refractivity contribution in [3.63, 3.8) is 0 Å². The molecule has 0 aromatic heterocycles. The molecule has 2 N–H and O–H groups in total. The molecule has 0 bridgehead atoms. The summed E-state index contributed by atoms with van der Waals surface area (Å²) in [5.41, 5.74) is -0.382. The second-order valence-electron chi connectivity index (χ2n) is 12.6. The van der Waals surface area contributed by atoms with Gasteiger partial charge in [-0.05, 0) is 109 Å². The lowest BCUT2D eigenvalue weighted by Gasteiger charge is -2.36. The summed E-state index contributed by atoms with van der Waals surface area (Å²) >= 11 is 0. The Labute approximate surface area is 331 Å². The summed E-state index contributed by atoms with van der Waals surface area (Å²) in [5, 5.41) is 0. The van der Waals surface area contributed by atoms with Gasteiger partial charge in [0.2, 0.25) is 19.7 Å². The third kappa shape index (κ3) is 7.82. The second kappa shape index (κ2) is 15.1. The van der Waals surface area contributed by atoms with Gasteiger partial charge in [0.25, 0.3) is 20.2 Å². The smallest absolute Gasteiger partial charge is 0.294 e. The first-order valence-corrected chi connectivity index (χ1v) is 22.5. The van der Waals surface area contributed by atoms with Gasteiger partial charge in [-0.25, -0.2) is 35.6 Å². The summed E-state index contributed by atoms with van der Waals surface area (Å²) in [6.07, 6.45) is -1.54. The van der Waals surface area contributed by atoms with Crippen LogP contribution in [0.1, 0.15) is 22.9 Å². The lowest BCUT2D eigenvalue weighted by atomic mass is 10.1. The molecule has 0 saturated heterocycles. The van der Waals surface area contributed by atoms with Gasteiger partial charge in [-0.15, -0.1) is 0 Å². The first-order chi connectivity index (χ1) is 27.4. The molecule has 1 unspecified atom stereocenters. The number of rotatable bonds is 10. The highest BCUT2D eigenvalue weighted by Gasteiger charge is 2.36. The molecule has 6 aromatic carbocycles. The molecule has 0 amide bonds. The highest BCUT2D eigenvalue weighted by atomic mass is 32.2. The van der Waals surface area contributed by atoms with Crippen LogP contribution < -0.4 is 4.90 Å². The predicted molar refractivity (Wildman–Crippen MR) is 207 cm³/mol. The van der Waals surface area contributed by atoms with Crippen molar-refractivity contribution in [2.75, 3.05) is 4.90 Å². The topological polar surface area (TPSA) is 205 Å². The van der Waals surface area contributed by atoms with Crippen LogP contribution in [0.4, 0.5) is 14.5 Å². The van der Waals surface area contributed by atoms with E-state index in [1.54, 1.807) is 0 Å². The van der Waals surface area contributed by atoms with Gasteiger partial charge in [-0.2, -0.15) is 16.8 Å². The van der Waals surface area contributed by atoms with Gasteiger partial charge in [0, 0.05) is 16.8 Å². The van der Waals surface area contributed by atoms with Crippen LogP contribution in [-0.2, 0) is 39.9 Å². The van der Waals surface area contributed by atoms with Crippen molar-refractivity contribution >= 4 is 57.3 Å². The molecule has 13 nitrogen and oxygen atoms in total. The normalized spacial score (nSPS) is 15.1. The fourth-order valence-corrected chi connectivity index (χ4v) is 10.1. The number of hydrogen-bond acceptors (Lipinski definition) is 11. The molecular weight excluding hydrogens is 837 g/mol. The van der Waals surface area contributed by atoms with E-state index in [-0.39, 0.29) is 48.7 Å². The van der Waals surface area contributed by atoms with Crippen molar-refractivity contribution in [2.45, 2.75) is 35.5 Å². The summed E-state index contributed by atoms with van der Waals surface area (Å²) in [4.78, 5) is 8.19. The van der Waals surface area contributed by atoms with E-state index in [1.807, 2.05) is 0 Å². The van der Waals surface area contributed by atoms with Crippen LogP contribution in [-0.4, -0.2) is 54.4 Å². The third-order valence-electron chi connectivity index (χ3n) is 8.86. The zero-order chi connectivity index (χ0) is 41.6. The van der Waals surface area contributed by atoms with Gasteiger partial charge in [-0.3, -0.25) is 14.0 Å². The number of benzene rings is 6. The van der Waals surface area contributed by atoms with Crippen LogP contribution in [0.25, 0.3) is 0 Å². The van der Waals surface area contributed by atoms with Gasteiger partial charge in [-0.1, -0.05) is 42.5 Å². The number of anilines is 1. The molecule has 296 valence electrons. The fraction of sp³-hybridized carbons (Fsp3) is 0.0256. The van der Waals surface area contributed by atoms with Crippen molar-refractivity contribution in [1.82, 2.24) is 0 Å². The Bertz CT molecular complexity index is 3120. The van der Waals surface area contributed by atoms with E-state index in [0.29, 0.717) is 0 Å². The third-order valence-corrected chi connectivity index (χ3v) is 14.2. The van der Waals surface area contributed by atoms with Crippen LogP contribution in [0.15, 0.2) is 185 Å². The van der Waals surface area contributed by atoms with Crippen LogP contribution in [0.3, 0.4) is 0 Å². The highest BCUT2D eigenvalue weighted by Crippen LogP contribution is 2.39. The Balaban J connectivity index is 1.57. The first-order valence-electron chi connectivity index (χ1n) is 16.7. The van der Waals surface area contributed by atoms with E-state index in [9.17, 15) is 51.6 Å². The zero-order valence-corrected chi connectivity index (χ0v) is 32.6. The molecule has 0 aliphatic carbocycles. The Morgan fingerprint density at radius 1 is 0.500 bits per heavy atom. The van der Waals surface area contributed by atoms with Gasteiger partial charge in [0.1, 0.15) is 17.5 Å². The van der Waals surface area contributed by atoms with Crippen LogP contribution in [0.5, 0.6) is 0 Å². The minimum Gasteiger partial charge on any atom is -0.299 e. The van der Waals surface area contributed by atoms with Gasteiger partial charge in [0.05, 0.1) is 29.4 Å². The van der Waals surface area contributed by atoms with Crippen LogP contribution in [0, 0.1) is 11.6 Å². The van der Waals surface area contributed by atoms with E-state index in [1.165, 1.54) is 77.7 Å². The maximum atomic E-state index is 14.3. The summed E-state index contributed by atoms with van der Waals surface area (Å²) in [5.74, 6) is -2.04. The molecule has 1 aliphatic rings. The minimum atomic E-state index is -4.86. The number of amidine groups is 2. The molecule has 58 heavy (non-hydrogen) atoms. The van der Waals surface area contributed by atoms with Crippen LogP contribution in [0.2, 0.25) is 0 Å². The maximum Gasteiger partial charge on any atom is 0.294 e. The van der Waals surface area contributed by atoms with Crippen LogP contribution >= 0.6 is 0 Å². The zero-order valence-electron chi connectivity index (χ0n) is 29.3. The van der Waals surface area contributed by atoms with E-state index >= 15 is 0 Å². The molecule has 1 atom stereocenters. The first kappa shape index (κ1) is 40.2. The number of aliphatic imine (C=N–C) groups is 2. The summed E-state index contributed by atoms with van der Waals surface area (Å²) in [6, 6.07) is 28.5. The van der Waals surface area contributed by atoms with Gasteiger partial charge < -0.3 is 0 Å². The molecule has 1 aliphatic heterocycles. The number of hydrogen-bond donors (Lipinski definition) is 2. The number of halogens is 2. The Morgan fingerprint density at radius 3 is 1.50 bits per heavy atom. The molecule has 19 heteroatoms. The largest absolute Gasteiger partial charge is 0.299 e. The standard InChI is InChI=1S/C39H27F2N3O10S4/c40-26-15-19-29(20-16-26)55(45,46)35-13-3-1-11-33(35)37-42-38(25-7-5-9-31(23-25)57(49,50)51)44(28-8-6-10-32(24-28)58(52,53)54)39(43-37)34-12-2-4-14-36(34)56(47,48)30-21-17-27(41)18-22-30/h1-24,38H,(H,49,50,51)(H,52,53,54). The summed E-state index contributed by atoms with van der Waals surface area (Å²) in [7, 11) is -18.7. The minimum absolute atomic E-state index is 0.00460. The van der Waals surface area contributed by atoms with E-state index < -0.39 is 72.4 Å². The lowest BCUT2D eigenvalue weighted by Crippen LogP contribution is -2.40. The molecule has 0 fully saturated rings. The molecule has 1 heterocycles. The molecular formula is C39H27F2N3O10S4. The monoisotopic (exact) mass is 863 g/mol. The second-order valence-corrected chi connectivity index (χ2v) is 19.2. The molecule has 6 aromatic rings. The maximum absolute atomic E-state index is 14.3. The summed E-state index contributed by atoms with van der Waals surface area (Å²) in [6.45, 7) is 0. The Hall–Kier alpha value is -5.96. The van der Waals surface area contributed by atoms with Crippen molar-refractivity contribution < 1.29 is 51.6 Å². The lowest BCUT2D eigenvalue weighted by molar-refractivity contribution is 0.480. The number of nitrogens with zero attached hydrogens (tertiary/aromatic N) is 3. The Kier molecular flexibility index (Phi) is 10.5. The molecule has 0 spiro atoms. The van der Waals surface area contributed by atoms with Gasteiger partial charge in [0.15, 0.2) is 12.0 Å². The average Bonchev–Trinajstić information content (AvgIpc) is 3.20. The van der Waals surface area contributed by atoms with Crippen molar-refractivity contribution in [2.24, 2.45) is 9.98 Å². The molecule has 0 saturated carbocycles. The SMILES string of the molecule is O=S(=O)(O)c1cccc(C2N=C(c3ccccc3S(=O)(=O)c3ccc(F)cc3)N=C(c3ccccc3S(=O)(=O)c3ccc(F)cc3)N2c2cccc(S(=O)(=O)O)c2)c1. The Morgan fingerprint density at radius 2 is 0.966 bits per heavy atom. The average molecular weight is 864 g/mol. The van der Waals surface area contributed by atoms with Gasteiger partial charge >= 0.3 is 0 Å². The van der Waals surface area contributed by atoms with Crippen molar-refractivity contribution in [3.8, 4) is 0 Å². The van der Waals surface area contributed by atoms with E-state index in [2.05, 4.69) is 0 Å². The highest BCUT2D eigenvalue weighted by molar-refractivity contribution is 7.92. The van der Waals surface area contributed by atoms with E-state index in [4.69, 9.17) is 9.98 Å². The number of sulfone groups is 2. The predicted octanol–water partition coefficient (Wildman–Crippen LogP) is 6.54. The van der Waals surface area contributed by atoms with Crippen molar-refractivity contribution in [3.05, 3.63) is 174 Å². The molecule has 7 rings (SSSR count). The van der Waals surface area contributed by atoms with Crippen molar-refractivity contribution in [1.29, 1.82) is 0 Å². The molecule has 0 radical (unpaired) electrons.